The highest BCUT2D eigenvalue weighted by atomic mass is 19.4. The summed E-state index contributed by atoms with van der Waals surface area (Å²) >= 11 is 0. The number of benzene rings is 2. The molecule has 0 aliphatic heterocycles. The van der Waals surface area contributed by atoms with Gasteiger partial charge < -0.3 is 10.5 Å². The van der Waals surface area contributed by atoms with Crippen molar-refractivity contribution in [3.05, 3.63) is 59.4 Å². The van der Waals surface area contributed by atoms with Gasteiger partial charge in [-0.3, -0.25) is 5.41 Å². The van der Waals surface area contributed by atoms with Crippen molar-refractivity contribution in [3.8, 4) is 11.5 Å². The molecule has 0 spiro atoms. The average Bonchev–Trinajstić information content (AvgIpc) is 2.40. The van der Waals surface area contributed by atoms with Gasteiger partial charge in [0.05, 0.1) is 5.56 Å². The second-order valence-electron chi connectivity index (χ2n) is 4.17. The number of alkyl halides is 3. The van der Waals surface area contributed by atoms with Crippen LogP contribution < -0.4 is 10.5 Å². The van der Waals surface area contributed by atoms with Crippen LogP contribution >= 0.6 is 0 Å². The molecule has 0 fully saturated rings. The van der Waals surface area contributed by atoms with Crippen LogP contribution in [0.2, 0.25) is 0 Å². The van der Waals surface area contributed by atoms with Gasteiger partial charge >= 0.3 is 6.18 Å². The highest BCUT2D eigenvalue weighted by Gasteiger charge is 2.34. The molecule has 2 rings (SSSR count). The van der Waals surface area contributed by atoms with Crippen LogP contribution in [-0.2, 0) is 6.18 Å². The topological polar surface area (TPSA) is 59.1 Å². The molecule has 0 aliphatic rings. The predicted octanol–water partition coefficient (Wildman–Crippen LogP) is 3.92. The zero-order valence-electron chi connectivity index (χ0n) is 10.5. The van der Waals surface area contributed by atoms with Gasteiger partial charge in [0.15, 0.2) is 0 Å². The molecule has 0 aromatic heterocycles. The van der Waals surface area contributed by atoms with Crippen LogP contribution in [0, 0.1) is 11.2 Å². The molecule has 0 amide bonds. The fourth-order valence-electron chi connectivity index (χ4n) is 1.70. The van der Waals surface area contributed by atoms with E-state index in [9.17, 15) is 17.6 Å². The van der Waals surface area contributed by atoms with Gasteiger partial charge in [0.2, 0.25) is 0 Å². The number of rotatable bonds is 3. The van der Waals surface area contributed by atoms with Crippen LogP contribution in [0.1, 0.15) is 11.1 Å². The second kappa shape index (κ2) is 5.43. The molecular formula is C14H10F4N2O. The van der Waals surface area contributed by atoms with Crippen molar-refractivity contribution >= 4 is 5.84 Å². The maximum atomic E-state index is 12.8. The Balaban J connectivity index is 2.36. The average molecular weight is 298 g/mol. The fraction of sp³-hybridized carbons (Fsp3) is 0.0714. The first-order valence-electron chi connectivity index (χ1n) is 5.76. The summed E-state index contributed by atoms with van der Waals surface area (Å²) in [7, 11) is 0. The third-order valence-corrected chi connectivity index (χ3v) is 2.64. The van der Waals surface area contributed by atoms with Crippen molar-refractivity contribution in [1.82, 2.24) is 0 Å². The van der Waals surface area contributed by atoms with E-state index in [0.717, 1.165) is 30.3 Å². The Morgan fingerprint density at radius 2 is 1.57 bits per heavy atom. The van der Waals surface area contributed by atoms with Crippen molar-refractivity contribution in [2.45, 2.75) is 6.18 Å². The van der Waals surface area contributed by atoms with Crippen LogP contribution in [0.15, 0.2) is 42.5 Å². The summed E-state index contributed by atoms with van der Waals surface area (Å²) in [4.78, 5) is 0. The van der Waals surface area contributed by atoms with Gasteiger partial charge in [0.25, 0.3) is 0 Å². The van der Waals surface area contributed by atoms with Crippen LogP contribution in [0.4, 0.5) is 17.6 Å². The zero-order chi connectivity index (χ0) is 15.6. The number of hydrogen-bond acceptors (Lipinski definition) is 2. The Morgan fingerprint density at radius 1 is 1.00 bits per heavy atom. The largest absolute Gasteiger partial charge is 0.457 e. The van der Waals surface area contributed by atoms with Crippen molar-refractivity contribution < 1.29 is 22.3 Å². The summed E-state index contributed by atoms with van der Waals surface area (Å²) in [6, 6.07) is 7.90. The maximum absolute atomic E-state index is 12.8. The third-order valence-electron chi connectivity index (χ3n) is 2.64. The molecule has 2 aromatic carbocycles. The van der Waals surface area contributed by atoms with Crippen molar-refractivity contribution in [1.29, 1.82) is 5.41 Å². The summed E-state index contributed by atoms with van der Waals surface area (Å²) in [5.74, 6) is -0.850. The molecule has 0 atom stereocenters. The number of halogens is 4. The monoisotopic (exact) mass is 298 g/mol. The molecule has 7 heteroatoms. The summed E-state index contributed by atoms with van der Waals surface area (Å²) in [5.41, 5.74) is 3.69. The van der Waals surface area contributed by atoms with E-state index in [1.54, 1.807) is 0 Å². The van der Waals surface area contributed by atoms with Crippen LogP contribution in [-0.4, -0.2) is 5.84 Å². The van der Waals surface area contributed by atoms with Gasteiger partial charge in [-0.15, -0.1) is 0 Å². The molecule has 2 aromatic rings. The van der Waals surface area contributed by atoms with Crippen molar-refractivity contribution in [3.63, 3.8) is 0 Å². The highest BCUT2D eigenvalue weighted by Crippen LogP contribution is 2.34. The van der Waals surface area contributed by atoms with Gasteiger partial charge in [-0.05, 0) is 42.5 Å². The molecule has 0 bridgehead atoms. The van der Waals surface area contributed by atoms with Crippen molar-refractivity contribution in [2.24, 2.45) is 5.73 Å². The van der Waals surface area contributed by atoms with E-state index in [-0.39, 0.29) is 11.5 Å². The molecule has 0 saturated carbocycles. The standard InChI is InChI=1S/C14H10F4N2O/c15-8-1-3-9(4-2-8)21-10-5-6-12(14(16,17)18)11(7-10)13(19)20/h1-7H,(H3,19,20). The van der Waals surface area contributed by atoms with Crippen LogP contribution in [0.3, 0.4) is 0 Å². The lowest BCUT2D eigenvalue weighted by molar-refractivity contribution is -0.137. The molecule has 0 aliphatic carbocycles. The minimum Gasteiger partial charge on any atom is -0.457 e. The normalized spacial score (nSPS) is 11.2. The zero-order valence-corrected chi connectivity index (χ0v) is 10.5. The lowest BCUT2D eigenvalue weighted by atomic mass is 10.1. The van der Waals surface area contributed by atoms with E-state index in [1.807, 2.05) is 0 Å². The minimum absolute atomic E-state index is 0.0693. The Kier molecular flexibility index (Phi) is 3.84. The molecule has 110 valence electrons. The van der Waals surface area contributed by atoms with E-state index >= 15 is 0 Å². The summed E-state index contributed by atoms with van der Waals surface area (Å²) < 4.78 is 56.4. The second-order valence-corrected chi connectivity index (χ2v) is 4.17. The molecule has 3 N–H and O–H groups in total. The lowest BCUT2D eigenvalue weighted by Gasteiger charge is -2.14. The number of amidine groups is 1. The van der Waals surface area contributed by atoms with Gasteiger partial charge in [-0.1, -0.05) is 0 Å². The number of nitrogens with two attached hydrogens (primary N) is 1. The van der Waals surface area contributed by atoms with E-state index in [4.69, 9.17) is 15.9 Å². The lowest BCUT2D eigenvalue weighted by Crippen LogP contribution is -2.18. The number of nitrogen functional groups attached to an aromatic ring is 1. The minimum atomic E-state index is -4.62. The maximum Gasteiger partial charge on any atom is 0.417 e. The van der Waals surface area contributed by atoms with Gasteiger partial charge in [0, 0.05) is 5.56 Å². The van der Waals surface area contributed by atoms with Crippen molar-refractivity contribution in [2.75, 3.05) is 0 Å². The van der Waals surface area contributed by atoms with Gasteiger partial charge in [-0.25, -0.2) is 4.39 Å². The first-order valence-corrected chi connectivity index (χ1v) is 5.76. The molecule has 0 heterocycles. The molecule has 0 radical (unpaired) electrons. The van der Waals surface area contributed by atoms with E-state index in [0.29, 0.717) is 0 Å². The predicted molar refractivity (Wildman–Crippen MR) is 68.9 cm³/mol. The van der Waals surface area contributed by atoms with E-state index in [2.05, 4.69) is 0 Å². The Hall–Kier alpha value is -2.57. The molecule has 0 unspecified atom stereocenters. The molecule has 0 saturated heterocycles. The highest BCUT2D eigenvalue weighted by molar-refractivity contribution is 5.97. The van der Waals surface area contributed by atoms with Crippen LogP contribution in [0.5, 0.6) is 11.5 Å². The Morgan fingerprint density at radius 3 is 2.10 bits per heavy atom. The number of nitrogens with one attached hydrogen (secondary N) is 1. The van der Waals surface area contributed by atoms with E-state index in [1.165, 1.54) is 12.1 Å². The molecular weight excluding hydrogens is 288 g/mol. The summed E-state index contributed by atoms with van der Waals surface area (Å²) in [5, 5.41) is 7.23. The smallest absolute Gasteiger partial charge is 0.417 e. The van der Waals surface area contributed by atoms with Crippen LogP contribution in [0.25, 0.3) is 0 Å². The molecule has 3 nitrogen and oxygen atoms in total. The number of hydrogen-bond donors (Lipinski definition) is 2. The quantitative estimate of drug-likeness (QED) is 0.512. The summed E-state index contributed by atoms with van der Waals surface area (Å²) in [6.45, 7) is 0. The Labute approximate surface area is 117 Å². The van der Waals surface area contributed by atoms with Gasteiger partial charge in [0.1, 0.15) is 23.2 Å². The first-order chi connectivity index (χ1) is 9.77. The first kappa shape index (κ1) is 14.8. The number of ether oxygens (including phenoxy) is 1. The van der Waals surface area contributed by atoms with E-state index < -0.39 is 29.0 Å². The Bertz CT molecular complexity index is 666. The fourth-order valence-corrected chi connectivity index (χ4v) is 1.70. The third kappa shape index (κ3) is 3.50. The SMILES string of the molecule is N=C(N)c1cc(Oc2ccc(F)cc2)ccc1C(F)(F)F. The molecule has 21 heavy (non-hydrogen) atoms. The summed E-state index contributed by atoms with van der Waals surface area (Å²) in [6.07, 6.45) is -4.62. The van der Waals surface area contributed by atoms with Gasteiger partial charge in [-0.2, -0.15) is 13.2 Å².